The number of anilines is 2. The fraction of sp³-hybridized carbons (Fsp3) is 0.524. The smallest absolute Gasteiger partial charge is 0.105 e. The van der Waals surface area contributed by atoms with E-state index in [1.807, 2.05) is 13.8 Å². The van der Waals surface area contributed by atoms with Crippen molar-refractivity contribution in [3.8, 4) is 0 Å². The highest BCUT2D eigenvalue weighted by molar-refractivity contribution is 5.70. The molecule has 0 saturated heterocycles. The molecule has 0 aromatic heterocycles. The van der Waals surface area contributed by atoms with Crippen molar-refractivity contribution < 1.29 is 0 Å². The SMILES string of the molecule is CC.CCC1N(C)C=CN1c1cccc(N2C=CN(C)C2CC)c1C. The van der Waals surface area contributed by atoms with Crippen LogP contribution in [0.5, 0.6) is 0 Å². The molecule has 3 rings (SSSR count). The minimum Gasteiger partial charge on any atom is -0.359 e. The quantitative estimate of drug-likeness (QED) is 0.768. The standard InChI is InChI=1S/C19H28N4.C2H6/c1-6-18-20(4)11-13-22(18)16-9-8-10-17(15(16)3)23-14-12-21(5)19(23)7-2;1-2/h8-14,18-19H,6-7H2,1-5H3;1-2H3. The molecule has 2 aliphatic rings. The molecule has 0 radical (unpaired) electrons. The third-order valence-electron chi connectivity index (χ3n) is 5.07. The third-order valence-corrected chi connectivity index (χ3v) is 5.07. The Labute approximate surface area is 154 Å². The van der Waals surface area contributed by atoms with Crippen LogP contribution in [0.4, 0.5) is 11.4 Å². The van der Waals surface area contributed by atoms with Crippen LogP contribution in [0.3, 0.4) is 0 Å². The zero-order valence-corrected chi connectivity index (χ0v) is 16.9. The van der Waals surface area contributed by atoms with E-state index in [1.54, 1.807) is 0 Å². The highest BCUT2D eigenvalue weighted by Crippen LogP contribution is 2.36. The van der Waals surface area contributed by atoms with Gasteiger partial charge in [0.1, 0.15) is 12.3 Å². The van der Waals surface area contributed by atoms with Crippen LogP contribution in [-0.4, -0.2) is 36.2 Å². The highest BCUT2D eigenvalue weighted by Gasteiger charge is 2.28. The summed E-state index contributed by atoms with van der Waals surface area (Å²) < 4.78 is 0. The Morgan fingerprint density at radius 3 is 1.52 bits per heavy atom. The monoisotopic (exact) mass is 342 g/mol. The van der Waals surface area contributed by atoms with Crippen molar-refractivity contribution in [2.75, 3.05) is 23.9 Å². The van der Waals surface area contributed by atoms with Crippen molar-refractivity contribution in [2.24, 2.45) is 0 Å². The predicted molar refractivity (Wildman–Crippen MR) is 109 cm³/mol. The Morgan fingerprint density at radius 2 is 1.16 bits per heavy atom. The molecule has 0 amide bonds. The number of nitrogens with zero attached hydrogens (tertiary/aromatic N) is 4. The first-order chi connectivity index (χ1) is 12.1. The van der Waals surface area contributed by atoms with E-state index in [1.165, 1.54) is 16.9 Å². The molecule has 0 bridgehead atoms. The minimum atomic E-state index is 0.405. The van der Waals surface area contributed by atoms with E-state index in [0.29, 0.717) is 12.3 Å². The van der Waals surface area contributed by atoms with E-state index in [2.05, 4.69) is 97.5 Å². The van der Waals surface area contributed by atoms with Gasteiger partial charge >= 0.3 is 0 Å². The van der Waals surface area contributed by atoms with E-state index in [4.69, 9.17) is 0 Å². The maximum absolute atomic E-state index is 2.39. The number of rotatable bonds is 4. The van der Waals surface area contributed by atoms with Gasteiger partial charge in [-0.2, -0.15) is 0 Å². The molecule has 0 fully saturated rings. The zero-order chi connectivity index (χ0) is 18.6. The summed E-state index contributed by atoms with van der Waals surface area (Å²) in [4.78, 5) is 9.35. The second-order valence-electron chi connectivity index (χ2n) is 6.44. The molecule has 25 heavy (non-hydrogen) atoms. The first kappa shape index (κ1) is 19.2. The molecule has 0 saturated carbocycles. The van der Waals surface area contributed by atoms with Crippen molar-refractivity contribution in [2.45, 2.75) is 59.8 Å². The Hall–Kier alpha value is -2.10. The summed E-state index contributed by atoms with van der Waals surface area (Å²) in [5.74, 6) is 0. The first-order valence-electron chi connectivity index (χ1n) is 9.55. The molecule has 0 N–H and O–H groups in total. The lowest BCUT2D eigenvalue weighted by Crippen LogP contribution is -2.37. The highest BCUT2D eigenvalue weighted by atomic mass is 15.4. The normalized spacial score (nSPS) is 21.9. The lowest BCUT2D eigenvalue weighted by Gasteiger charge is -2.34. The van der Waals surface area contributed by atoms with E-state index in [0.717, 1.165) is 12.8 Å². The maximum atomic E-state index is 2.39. The summed E-state index contributed by atoms with van der Waals surface area (Å²) in [6.07, 6.45) is 11.7. The van der Waals surface area contributed by atoms with Gasteiger partial charge in [0.15, 0.2) is 0 Å². The van der Waals surface area contributed by atoms with Gasteiger partial charge in [0.2, 0.25) is 0 Å². The fourth-order valence-corrected chi connectivity index (χ4v) is 3.77. The molecular weight excluding hydrogens is 308 g/mol. The van der Waals surface area contributed by atoms with Gasteiger partial charge in [-0.15, -0.1) is 0 Å². The van der Waals surface area contributed by atoms with Crippen molar-refractivity contribution in [3.63, 3.8) is 0 Å². The van der Waals surface area contributed by atoms with Crippen molar-refractivity contribution in [3.05, 3.63) is 48.6 Å². The molecule has 2 unspecified atom stereocenters. The van der Waals surface area contributed by atoms with E-state index >= 15 is 0 Å². The van der Waals surface area contributed by atoms with Gasteiger partial charge in [-0.25, -0.2) is 0 Å². The number of benzene rings is 1. The molecule has 4 heteroatoms. The maximum Gasteiger partial charge on any atom is 0.105 e. The molecule has 0 aliphatic carbocycles. The summed E-state index contributed by atoms with van der Waals surface area (Å²) in [7, 11) is 4.30. The van der Waals surface area contributed by atoms with E-state index in [-0.39, 0.29) is 0 Å². The summed E-state index contributed by atoms with van der Waals surface area (Å²) in [5, 5.41) is 0. The molecule has 0 spiro atoms. The van der Waals surface area contributed by atoms with Crippen LogP contribution in [0, 0.1) is 6.92 Å². The zero-order valence-electron chi connectivity index (χ0n) is 16.9. The molecule has 1 aromatic carbocycles. The summed E-state index contributed by atoms with van der Waals surface area (Å²) >= 11 is 0. The molecule has 2 aliphatic heterocycles. The van der Waals surface area contributed by atoms with Crippen molar-refractivity contribution in [1.82, 2.24) is 9.80 Å². The predicted octanol–water partition coefficient (Wildman–Crippen LogP) is 4.94. The van der Waals surface area contributed by atoms with Crippen molar-refractivity contribution in [1.29, 1.82) is 0 Å². The second kappa shape index (κ2) is 8.32. The second-order valence-corrected chi connectivity index (χ2v) is 6.44. The molecule has 1 aromatic rings. The number of hydrogen-bond donors (Lipinski definition) is 0. The third kappa shape index (κ3) is 3.48. The van der Waals surface area contributed by atoms with Gasteiger partial charge in [-0.3, -0.25) is 0 Å². The van der Waals surface area contributed by atoms with Crippen LogP contribution in [0.25, 0.3) is 0 Å². The minimum absolute atomic E-state index is 0.405. The lowest BCUT2D eigenvalue weighted by atomic mass is 10.1. The summed E-state index contributed by atoms with van der Waals surface area (Å²) in [6, 6.07) is 6.64. The van der Waals surface area contributed by atoms with E-state index < -0.39 is 0 Å². The van der Waals surface area contributed by atoms with Crippen LogP contribution in [-0.2, 0) is 0 Å². The van der Waals surface area contributed by atoms with Crippen LogP contribution in [0.2, 0.25) is 0 Å². The first-order valence-corrected chi connectivity index (χ1v) is 9.55. The molecule has 2 atom stereocenters. The van der Waals surface area contributed by atoms with Crippen LogP contribution in [0.1, 0.15) is 46.1 Å². The van der Waals surface area contributed by atoms with E-state index in [9.17, 15) is 0 Å². The Bertz CT molecular complexity index is 572. The van der Waals surface area contributed by atoms with Crippen molar-refractivity contribution >= 4 is 11.4 Å². The average Bonchev–Trinajstić information content (AvgIpc) is 3.19. The van der Waals surface area contributed by atoms with Crippen LogP contribution in [0.15, 0.2) is 43.0 Å². The fourth-order valence-electron chi connectivity index (χ4n) is 3.77. The van der Waals surface area contributed by atoms with Gasteiger partial charge in [0.05, 0.1) is 0 Å². The summed E-state index contributed by atoms with van der Waals surface area (Å²) in [5.41, 5.74) is 3.94. The van der Waals surface area contributed by atoms with Gasteiger partial charge < -0.3 is 19.6 Å². The Balaban J connectivity index is 0.00000109. The molecule has 138 valence electrons. The van der Waals surface area contributed by atoms with Gasteiger partial charge in [0.25, 0.3) is 0 Å². The summed E-state index contributed by atoms with van der Waals surface area (Å²) in [6.45, 7) is 10.7. The van der Waals surface area contributed by atoms with Crippen LogP contribution < -0.4 is 9.80 Å². The van der Waals surface area contributed by atoms with Crippen LogP contribution >= 0.6 is 0 Å². The van der Waals surface area contributed by atoms with Gasteiger partial charge in [-0.1, -0.05) is 33.8 Å². The Morgan fingerprint density at radius 1 is 0.760 bits per heavy atom. The topological polar surface area (TPSA) is 13.0 Å². The average molecular weight is 343 g/mol. The lowest BCUT2D eigenvalue weighted by molar-refractivity contribution is 0.347. The number of hydrogen-bond acceptors (Lipinski definition) is 4. The molecular formula is C21H34N4. The van der Waals surface area contributed by atoms with Gasteiger partial charge in [-0.05, 0) is 37.5 Å². The van der Waals surface area contributed by atoms with Gasteiger partial charge in [0, 0.05) is 50.3 Å². The largest absolute Gasteiger partial charge is 0.359 e. The molecule has 4 nitrogen and oxygen atoms in total. The molecule has 2 heterocycles. The Kier molecular flexibility index (Phi) is 6.40.